The molecule has 6 heteroatoms. The molecule has 3 heterocycles. The van der Waals surface area contributed by atoms with Crippen LogP contribution < -0.4 is 0 Å². The van der Waals surface area contributed by atoms with Gasteiger partial charge in [0.1, 0.15) is 0 Å². The van der Waals surface area contributed by atoms with Crippen molar-refractivity contribution in [2.75, 3.05) is 13.2 Å². The van der Waals surface area contributed by atoms with Crippen molar-refractivity contribution in [3.63, 3.8) is 0 Å². The lowest BCUT2D eigenvalue weighted by molar-refractivity contribution is 0.0644. The SMILES string of the molecule is c1csc(CN(Cc2nc(C3CC3)no2)C[C@H]2CCCO2)c1. The quantitative estimate of drug-likeness (QED) is 0.784. The summed E-state index contributed by atoms with van der Waals surface area (Å²) in [6.45, 7) is 3.44. The van der Waals surface area contributed by atoms with Gasteiger partial charge in [-0.3, -0.25) is 4.90 Å². The second-order valence-electron chi connectivity index (χ2n) is 6.20. The van der Waals surface area contributed by atoms with Crippen LogP contribution in [-0.2, 0) is 17.8 Å². The van der Waals surface area contributed by atoms with Gasteiger partial charge in [0.05, 0.1) is 12.6 Å². The van der Waals surface area contributed by atoms with Crippen molar-refractivity contribution in [3.05, 3.63) is 34.1 Å². The van der Waals surface area contributed by atoms with Gasteiger partial charge in [0.2, 0.25) is 5.89 Å². The van der Waals surface area contributed by atoms with Crippen molar-refractivity contribution in [2.45, 2.75) is 50.8 Å². The minimum atomic E-state index is 0.339. The summed E-state index contributed by atoms with van der Waals surface area (Å²) in [5.41, 5.74) is 0. The molecular weight excluding hydrogens is 298 g/mol. The molecule has 1 aliphatic carbocycles. The van der Waals surface area contributed by atoms with Crippen molar-refractivity contribution in [3.8, 4) is 0 Å². The summed E-state index contributed by atoms with van der Waals surface area (Å²) in [5.74, 6) is 2.17. The summed E-state index contributed by atoms with van der Waals surface area (Å²) in [6, 6.07) is 4.28. The van der Waals surface area contributed by atoms with Crippen LogP contribution in [0.1, 0.15) is 48.2 Å². The minimum absolute atomic E-state index is 0.339. The van der Waals surface area contributed by atoms with E-state index in [1.54, 1.807) is 11.3 Å². The monoisotopic (exact) mass is 319 g/mol. The molecule has 22 heavy (non-hydrogen) atoms. The number of rotatable bonds is 7. The third kappa shape index (κ3) is 3.56. The van der Waals surface area contributed by atoms with E-state index >= 15 is 0 Å². The van der Waals surface area contributed by atoms with E-state index in [1.165, 1.54) is 24.1 Å². The fraction of sp³-hybridized carbons (Fsp3) is 0.625. The third-order valence-corrected chi connectivity index (χ3v) is 5.09. The molecule has 1 aliphatic heterocycles. The molecule has 0 unspecified atom stereocenters. The Morgan fingerprint density at radius 3 is 2.95 bits per heavy atom. The number of hydrogen-bond acceptors (Lipinski definition) is 6. The fourth-order valence-corrected chi connectivity index (χ4v) is 3.66. The van der Waals surface area contributed by atoms with Crippen LogP contribution in [0.2, 0.25) is 0 Å². The number of aromatic nitrogens is 2. The predicted molar refractivity (Wildman–Crippen MR) is 83.7 cm³/mol. The number of nitrogens with zero attached hydrogens (tertiary/aromatic N) is 3. The standard InChI is InChI=1S/C16H21N3O2S/c1-3-13(20-7-1)9-19(10-14-4-2-8-22-14)11-15-17-16(18-21-15)12-5-6-12/h2,4,8,12-13H,1,3,5-7,9-11H2/t13-/m1/s1. The van der Waals surface area contributed by atoms with Gasteiger partial charge in [0.25, 0.3) is 0 Å². The third-order valence-electron chi connectivity index (χ3n) is 4.23. The summed E-state index contributed by atoms with van der Waals surface area (Å²) in [7, 11) is 0. The Bertz CT molecular complexity index is 588. The molecule has 2 aromatic rings. The molecule has 0 aromatic carbocycles. The van der Waals surface area contributed by atoms with Gasteiger partial charge in [0, 0.05) is 30.5 Å². The lowest BCUT2D eigenvalue weighted by Crippen LogP contribution is -2.31. The molecule has 1 saturated heterocycles. The van der Waals surface area contributed by atoms with E-state index in [-0.39, 0.29) is 0 Å². The van der Waals surface area contributed by atoms with Crippen molar-refractivity contribution < 1.29 is 9.26 Å². The van der Waals surface area contributed by atoms with E-state index < -0.39 is 0 Å². The minimum Gasteiger partial charge on any atom is -0.377 e. The zero-order valence-electron chi connectivity index (χ0n) is 12.6. The molecule has 5 nitrogen and oxygen atoms in total. The first-order chi connectivity index (χ1) is 10.9. The van der Waals surface area contributed by atoms with Gasteiger partial charge in [-0.15, -0.1) is 11.3 Å². The molecule has 1 saturated carbocycles. The second-order valence-corrected chi connectivity index (χ2v) is 7.24. The fourth-order valence-electron chi connectivity index (χ4n) is 2.92. The van der Waals surface area contributed by atoms with Gasteiger partial charge < -0.3 is 9.26 Å². The van der Waals surface area contributed by atoms with Crippen LogP contribution in [0.5, 0.6) is 0 Å². The maximum Gasteiger partial charge on any atom is 0.240 e. The molecule has 0 bridgehead atoms. The van der Waals surface area contributed by atoms with Crippen molar-refractivity contribution in [1.29, 1.82) is 0 Å². The second kappa shape index (κ2) is 6.48. The van der Waals surface area contributed by atoms with E-state index in [0.29, 0.717) is 18.6 Å². The Hall–Kier alpha value is -1.24. The summed E-state index contributed by atoms with van der Waals surface area (Å²) in [4.78, 5) is 8.29. The average molecular weight is 319 g/mol. The first-order valence-electron chi connectivity index (χ1n) is 8.05. The largest absolute Gasteiger partial charge is 0.377 e. The molecule has 1 atom stereocenters. The van der Waals surface area contributed by atoms with Gasteiger partial charge in [-0.05, 0) is 37.1 Å². The summed E-state index contributed by atoms with van der Waals surface area (Å²) in [6.07, 6.45) is 5.06. The topological polar surface area (TPSA) is 51.4 Å². The molecule has 2 aromatic heterocycles. The number of thiophene rings is 1. The van der Waals surface area contributed by atoms with Crippen LogP contribution in [0.15, 0.2) is 22.0 Å². The Balaban J connectivity index is 1.42. The maximum atomic E-state index is 5.79. The van der Waals surface area contributed by atoms with Crippen LogP contribution in [-0.4, -0.2) is 34.3 Å². The van der Waals surface area contributed by atoms with Gasteiger partial charge in [-0.2, -0.15) is 4.98 Å². The molecule has 2 fully saturated rings. The van der Waals surface area contributed by atoms with E-state index in [0.717, 1.165) is 37.8 Å². The lowest BCUT2D eigenvalue weighted by atomic mass is 10.2. The molecule has 2 aliphatic rings. The highest BCUT2D eigenvalue weighted by Gasteiger charge is 2.29. The van der Waals surface area contributed by atoms with Crippen LogP contribution in [0.4, 0.5) is 0 Å². The maximum absolute atomic E-state index is 5.79. The molecule has 0 amide bonds. The molecule has 0 radical (unpaired) electrons. The van der Waals surface area contributed by atoms with Crippen molar-refractivity contribution in [1.82, 2.24) is 15.0 Å². The highest BCUT2D eigenvalue weighted by Crippen LogP contribution is 2.38. The Morgan fingerprint density at radius 2 is 2.23 bits per heavy atom. The summed E-state index contributed by atoms with van der Waals surface area (Å²) >= 11 is 1.79. The Kier molecular flexibility index (Phi) is 4.23. The van der Waals surface area contributed by atoms with Crippen LogP contribution in [0.3, 0.4) is 0 Å². The normalized spacial score (nSPS) is 21.8. The Morgan fingerprint density at radius 1 is 1.27 bits per heavy atom. The number of ether oxygens (including phenoxy) is 1. The highest BCUT2D eigenvalue weighted by atomic mass is 32.1. The molecule has 0 N–H and O–H groups in total. The van der Waals surface area contributed by atoms with E-state index in [1.807, 2.05) is 0 Å². The van der Waals surface area contributed by atoms with Gasteiger partial charge >= 0.3 is 0 Å². The van der Waals surface area contributed by atoms with Gasteiger partial charge in [-0.1, -0.05) is 11.2 Å². The van der Waals surface area contributed by atoms with Crippen LogP contribution >= 0.6 is 11.3 Å². The van der Waals surface area contributed by atoms with Crippen LogP contribution in [0.25, 0.3) is 0 Å². The Labute approximate surface area is 134 Å². The molecular formula is C16H21N3O2S. The van der Waals surface area contributed by atoms with E-state index in [2.05, 4.69) is 32.6 Å². The molecule has 0 spiro atoms. The zero-order chi connectivity index (χ0) is 14.8. The van der Waals surface area contributed by atoms with Gasteiger partial charge in [0.15, 0.2) is 5.82 Å². The first kappa shape index (κ1) is 14.4. The van der Waals surface area contributed by atoms with Gasteiger partial charge in [-0.25, -0.2) is 0 Å². The first-order valence-corrected chi connectivity index (χ1v) is 8.93. The molecule has 118 valence electrons. The van der Waals surface area contributed by atoms with Crippen molar-refractivity contribution in [2.24, 2.45) is 0 Å². The summed E-state index contributed by atoms with van der Waals surface area (Å²) in [5, 5.41) is 6.24. The van der Waals surface area contributed by atoms with E-state index in [9.17, 15) is 0 Å². The van der Waals surface area contributed by atoms with Crippen LogP contribution in [0, 0.1) is 0 Å². The van der Waals surface area contributed by atoms with E-state index in [4.69, 9.17) is 9.26 Å². The predicted octanol–water partition coefficient (Wildman–Crippen LogP) is 3.19. The molecule has 4 rings (SSSR count). The summed E-state index contributed by atoms with van der Waals surface area (Å²) < 4.78 is 11.2. The number of hydrogen-bond donors (Lipinski definition) is 0. The van der Waals surface area contributed by atoms with Crippen molar-refractivity contribution >= 4 is 11.3 Å². The highest BCUT2D eigenvalue weighted by molar-refractivity contribution is 7.09. The lowest BCUT2D eigenvalue weighted by Gasteiger charge is -2.23. The average Bonchev–Trinajstić information content (AvgIpc) is 2.96. The zero-order valence-corrected chi connectivity index (χ0v) is 13.4. The smallest absolute Gasteiger partial charge is 0.240 e.